The van der Waals surface area contributed by atoms with Crippen LogP contribution in [0.25, 0.3) is 0 Å². The Morgan fingerprint density at radius 2 is 1.83 bits per heavy atom. The van der Waals surface area contributed by atoms with Crippen LogP contribution in [0.3, 0.4) is 0 Å². The summed E-state index contributed by atoms with van der Waals surface area (Å²) in [5.41, 5.74) is 5.50. The van der Waals surface area contributed by atoms with Crippen LogP contribution in [-0.2, 0) is 4.79 Å². The van der Waals surface area contributed by atoms with Crippen LogP contribution < -0.4 is 5.73 Å². The van der Waals surface area contributed by atoms with Crippen molar-refractivity contribution in [1.29, 1.82) is 0 Å². The Morgan fingerprint density at radius 3 is 2.28 bits per heavy atom. The number of carbonyl (C=O) groups excluding carboxylic acids is 1. The Kier molecular flexibility index (Phi) is 4.28. The Labute approximate surface area is 110 Å². The fourth-order valence-electron chi connectivity index (χ4n) is 2.83. The van der Waals surface area contributed by atoms with E-state index in [4.69, 9.17) is 5.73 Å². The molecule has 0 aromatic heterocycles. The summed E-state index contributed by atoms with van der Waals surface area (Å²) in [5, 5.41) is 0. The monoisotopic (exact) mass is 253 g/mol. The summed E-state index contributed by atoms with van der Waals surface area (Å²) in [5.74, 6) is 0.950. The fourth-order valence-corrected chi connectivity index (χ4v) is 2.83. The predicted molar refractivity (Wildman–Crippen MR) is 73.2 cm³/mol. The van der Waals surface area contributed by atoms with Gasteiger partial charge in [-0.2, -0.15) is 0 Å². The van der Waals surface area contributed by atoms with Crippen molar-refractivity contribution in [1.82, 2.24) is 9.80 Å². The van der Waals surface area contributed by atoms with Gasteiger partial charge in [0, 0.05) is 19.6 Å². The average molecular weight is 253 g/mol. The second-order valence-electron chi connectivity index (χ2n) is 5.88. The van der Waals surface area contributed by atoms with E-state index in [2.05, 4.69) is 18.7 Å². The molecular formula is C14H27N3O. The largest absolute Gasteiger partial charge is 0.341 e. The van der Waals surface area contributed by atoms with Crippen molar-refractivity contribution in [3.8, 4) is 0 Å². The Bertz CT molecular complexity index is 289. The molecule has 0 aromatic carbocycles. The maximum Gasteiger partial charge on any atom is 0.242 e. The molecule has 1 saturated heterocycles. The number of piperidine rings is 1. The molecule has 0 aromatic rings. The van der Waals surface area contributed by atoms with Crippen LogP contribution in [0.15, 0.2) is 0 Å². The normalized spacial score (nSPS) is 23.4. The van der Waals surface area contributed by atoms with Crippen LogP contribution in [0, 0.1) is 5.92 Å². The van der Waals surface area contributed by atoms with Crippen molar-refractivity contribution in [2.24, 2.45) is 11.7 Å². The highest BCUT2D eigenvalue weighted by atomic mass is 16.2. The predicted octanol–water partition coefficient (Wildman–Crippen LogP) is 1.06. The van der Waals surface area contributed by atoms with Crippen LogP contribution in [0.5, 0.6) is 0 Å². The van der Waals surface area contributed by atoms with Gasteiger partial charge < -0.3 is 15.5 Å². The zero-order chi connectivity index (χ0) is 13.2. The van der Waals surface area contributed by atoms with Gasteiger partial charge in [0.15, 0.2) is 0 Å². The average Bonchev–Trinajstić information content (AvgIpc) is 3.15. The van der Waals surface area contributed by atoms with Crippen molar-refractivity contribution < 1.29 is 4.79 Å². The van der Waals surface area contributed by atoms with Crippen molar-refractivity contribution in [2.75, 3.05) is 32.7 Å². The van der Waals surface area contributed by atoms with E-state index in [-0.39, 0.29) is 5.91 Å². The van der Waals surface area contributed by atoms with E-state index in [1.807, 2.05) is 4.90 Å². The second kappa shape index (κ2) is 5.57. The first-order chi connectivity index (χ1) is 8.59. The third-order valence-electron chi connectivity index (χ3n) is 4.53. The molecule has 0 spiro atoms. The minimum atomic E-state index is -0.480. The quantitative estimate of drug-likeness (QED) is 0.797. The number of hydrogen-bond acceptors (Lipinski definition) is 3. The summed E-state index contributed by atoms with van der Waals surface area (Å²) in [6.07, 6.45) is 4.03. The molecule has 18 heavy (non-hydrogen) atoms. The molecule has 4 nitrogen and oxygen atoms in total. The summed E-state index contributed by atoms with van der Waals surface area (Å²) in [4.78, 5) is 16.6. The number of amides is 1. The first-order valence-electron chi connectivity index (χ1n) is 7.39. The van der Waals surface area contributed by atoms with Gasteiger partial charge in [-0.15, -0.1) is 0 Å². The Balaban J connectivity index is 1.76. The van der Waals surface area contributed by atoms with Gasteiger partial charge in [-0.25, -0.2) is 0 Å². The van der Waals surface area contributed by atoms with E-state index in [1.54, 1.807) is 0 Å². The molecule has 1 heterocycles. The van der Waals surface area contributed by atoms with Gasteiger partial charge in [0.1, 0.15) is 0 Å². The molecule has 104 valence electrons. The maximum absolute atomic E-state index is 12.1. The zero-order valence-electron chi connectivity index (χ0n) is 11.8. The molecule has 1 amide bonds. The number of nitrogens with two attached hydrogens (primary N) is 1. The van der Waals surface area contributed by atoms with Gasteiger partial charge in [-0.3, -0.25) is 4.79 Å². The van der Waals surface area contributed by atoms with Gasteiger partial charge in [0.2, 0.25) is 5.91 Å². The molecule has 4 heteroatoms. The van der Waals surface area contributed by atoms with Gasteiger partial charge in [0.25, 0.3) is 0 Å². The fraction of sp³-hybridized carbons (Fsp3) is 0.929. The number of hydrogen-bond donors (Lipinski definition) is 1. The van der Waals surface area contributed by atoms with Crippen LogP contribution in [0.4, 0.5) is 0 Å². The highest BCUT2D eigenvalue weighted by Gasteiger charge is 2.48. The van der Waals surface area contributed by atoms with E-state index in [0.29, 0.717) is 0 Å². The lowest BCUT2D eigenvalue weighted by Crippen LogP contribution is -2.49. The Hall–Kier alpha value is -0.610. The lowest BCUT2D eigenvalue weighted by molar-refractivity contribution is -0.135. The van der Waals surface area contributed by atoms with Crippen LogP contribution in [-0.4, -0.2) is 54.0 Å². The first-order valence-corrected chi connectivity index (χ1v) is 7.39. The van der Waals surface area contributed by atoms with Gasteiger partial charge in [-0.1, -0.05) is 13.8 Å². The molecule has 0 unspecified atom stereocenters. The molecule has 0 atom stereocenters. The van der Waals surface area contributed by atoms with Crippen molar-refractivity contribution in [3.05, 3.63) is 0 Å². The summed E-state index contributed by atoms with van der Waals surface area (Å²) >= 11 is 0. The van der Waals surface area contributed by atoms with E-state index in [0.717, 1.165) is 57.8 Å². The van der Waals surface area contributed by atoms with E-state index >= 15 is 0 Å². The summed E-state index contributed by atoms with van der Waals surface area (Å²) in [6, 6.07) is 0. The highest BCUT2D eigenvalue weighted by Crippen LogP contribution is 2.35. The van der Waals surface area contributed by atoms with E-state index < -0.39 is 5.54 Å². The summed E-state index contributed by atoms with van der Waals surface area (Å²) in [7, 11) is 0. The molecule has 0 bridgehead atoms. The third kappa shape index (κ3) is 3.04. The topological polar surface area (TPSA) is 49.6 Å². The molecular weight excluding hydrogens is 226 g/mol. The van der Waals surface area contributed by atoms with Crippen LogP contribution >= 0.6 is 0 Å². The van der Waals surface area contributed by atoms with Crippen molar-refractivity contribution >= 4 is 5.91 Å². The van der Waals surface area contributed by atoms with Crippen molar-refractivity contribution in [2.45, 2.75) is 45.1 Å². The smallest absolute Gasteiger partial charge is 0.242 e. The van der Waals surface area contributed by atoms with E-state index in [9.17, 15) is 4.79 Å². The van der Waals surface area contributed by atoms with E-state index in [1.165, 1.54) is 6.54 Å². The molecule has 2 rings (SSSR count). The molecule has 2 fully saturated rings. The standard InChI is InChI=1S/C14H27N3O/c1-3-16(4-2)11-12-5-9-17(10-6-12)13(18)14(15)7-8-14/h12H,3-11,15H2,1-2H3. The highest BCUT2D eigenvalue weighted by molar-refractivity contribution is 5.89. The maximum atomic E-state index is 12.1. The lowest BCUT2D eigenvalue weighted by Gasteiger charge is -2.35. The van der Waals surface area contributed by atoms with Gasteiger partial charge >= 0.3 is 0 Å². The molecule has 1 saturated carbocycles. The molecule has 2 aliphatic rings. The molecule has 0 radical (unpaired) electrons. The second-order valence-corrected chi connectivity index (χ2v) is 5.88. The Morgan fingerprint density at radius 1 is 1.28 bits per heavy atom. The van der Waals surface area contributed by atoms with Gasteiger partial charge in [-0.05, 0) is 44.7 Å². The number of carbonyl (C=O) groups is 1. The summed E-state index contributed by atoms with van der Waals surface area (Å²) in [6.45, 7) is 9.68. The number of rotatable bonds is 5. The van der Waals surface area contributed by atoms with Crippen LogP contribution in [0.2, 0.25) is 0 Å². The number of nitrogens with zero attached hydrogens (tertiary/aromatic N) is 2. The minimum absolute atomic E-state index is 0.198. The van der Waals surface area contributed by atoms with Crippen molar-refractivity contribution in [3.63, 3.8) is 0 Å². The molecule has 1 aliphatic heterocycles. The lowest BCUT2D eigenvalue weighted by atomic mass is 9.95. The summed E-state index contributed by atoms with van der Waals surface area (Å²) < 4.78 is 0. The van der Waals surface area contributed by atoms with Crippen LogP contribution in [0.1, 0.15) is 39.5 Å². The minimum Gasteiger partial charge on any atom is -0.341 e. The SMILES string of the molecule is CCN(CC)CC1CCN(C(=O)C2(N)CC2)CC1. The first kappa shape index (κ1) is 13.8. The molecule has 2 N–H and O–H groups in total. The number of likely N-dealkylation sites (tertiary alicyclic amines) is 1. The zero-order valence-corrected chi connectivity index (χ0v) is 11.8. The third-order valence-corrected chi connectivity index (χ3v) is 4.53. The molecule has 1 aliphatic carbocycles. The van der Waals surface area contributed by atoms with Gasteiger partial charge in [0.05, 0.1) is 5.54 Å².